The Labute approximate surface area is 73.0 Å². The Balaban J connectivity index is 3.14. The zero-order valence-electron chi connectivity index (χ0n) is 7.71. The van der Waals surface area contributed by atoms with Crippen molar-refractivity contribution in [2.75, 3.05) is 19.8 Å². The molecular weight excluding hydrogens is 158 g/mol. The fourth-order valence-corrected chi connectivity index (χ4v) is 0.658. The molecule has 0 bridgehead atoms. The van der Waals surface area contributed by atoms with Crippen LogP contribution >= 0.6 is 0 Å². The number of nitrogens with two attached hydrogens (primary N) is 1. The van der Waals surface area contributed by atoms with Gasteiger partial charge in [-0.2, -0.15) is 0 Å². The topological polar surface area (TPSA) is 61.5 Å². The maximum Gasteiger partial charge on any atom is 0.308 e. The molecule has 0 spiro atoms. The number of hydrogen-bond donors (Lipinski definition) is 1. The molecule has 0 radical (unpaired) electrons. The first-order valence-corrected chi connectivity index (χ1v) is 4.15. The largest absolute Gasteiger partial charge is 0.466 e. The number of ether oxygens (including phenoxy) is 2. The SMILES string of the molecule is CCOC(=O)CCOC[C@H](C)N. The zero-order chi connectivity index (χ0) is 9.40. The monoisotopic (exact) mass is 175 g/mol. The van der Waals surface area contributed by atoms with Gasteiger partial charge in [0.25, 0.3) is 0 Å². The van der Waals surface area contributed by atoms with Crippen LogP contribution in [0, 0.1) is 0 Å². The van der Waals surface area contributed by atoms with Gasteiger partial charge < -0.3 is 15.2 Å². The Kier molecular flexibility index (Phi) is 6.70. The molecule has 0 fully saturated rings. The molecule has 1 atom stereocenters. The van der Waals surface area contributed by atoms with Crippen molar-refractivity contribution in [3.63, 3.8) is 0 Å². The number of carbonyl (C=O) groups is 1. The average molecular weight is 175 g/mol. The number of rotatable bonds is 6. The molecule has 0 aromatic carbocycles. The minimum atomic E-state index is -0.220. The maximum atomic E-state index is 10.8. The van der Waals surface area contributed by atoms with Crippen molar-refractivity contribution in [2.45, 2.75) is 26.3 Å². The molecule has 0 aromatic rings. The highest BCUT2D eigenvalue weighted by Crippen LogP contribution is 1.88. The molecule has 0 saturated carbocycles. The number of hydrogen-bond acceptors (Lipinski definition) is 4. The van der Waals surface area contributed by atoms with Crippen molar-refractivity contribution in [3.8, 4) is 0 Å². The summed E-state index contributed by atoms with van der Waals surface area (Å²) in [7, 11) is 0. The summed E-state index contributed by atoms with van der Waals surface area (Å²) < 4.78 is 9.78. The van der Waals surface area contributed by atoms with Gasteiger partial charge in [0.2, 0.25) is 0 Å². The maximum absolute atomic E-state index is 10.8. The van der Waals surface area contributed by atoms with Crippen molar-refractivity contribution in [3.05, 3.63) is 0 Å². The first-order valence-electron chi connectivity index (χ1n) is 4.15. The summed E-state index contributed by atoms with van der Waals surface area (Å²) in [5.74, 6) is -0.220. The lowest BCUT2D eigenvalue weighted by atomic mass is 10.4. The molecule has 0 rings (SSSR count). The van der Waals surface area contributed by atoms with E-state index in [1.807, 2.05) is 6.92 Å². The fraction of sp³-hybridized carbons (Fsp3) is 0.875. The molecule has 0 aliphatic heterocycles. The van der Waals surface area contributed by atoms with Crippen LogP contribution in [0.5, 0.6) is 0 Å². The molecule has 0 aromatic heterocycles. The van der Waals surface area contributed by atoms with E-state index in [1.165, 1.54) is 0 Å². The van der Waals surface area contributed by atoms with E-state index < -0.39 is 0 Å². The summed E-state index contributed by atoms with van der Waals surface area (Å²) in [6.07, 6.45) is 0.306. The van der Waals surface area contributed by atoms with Gasteiger partial charge >= 0.3 is 5.97 Å². The molecule has 72 valence electrons. The summed E-state index contributed by atoms with van der Waals surface area (Å²) in [6.45, 7) is 4.93. The van der Waals surface area contributed by atoms with Gasteiger partial charge in [0.15, 0.2) is 0 Å². The Bertz CT molecular complexity index is 125. The molecule has 4 nitrogen and oxygen atoms in total. The second-order valence-electron chi connectivity index (χ2n) is 2.61. The normalized spacial score (nSPS) is 12.6. The standard InChI is InChI=1S/C8H17NO3/c1-3-12-8(10)4-5-11-6-7(2)9/h7H,3-6,9H2,1-2H3/t7-/m0/s1. The summed E-state index contributed by atoms with van der Waals surface area (Å²) in [5.41, 5.74) is 5.43. The van der Waals surface area contributed by atoms with Gasteiger partial charge in [-0.15, -0.1) is 0 Å². The van der Waals surface area contributed by atoms with Crippen molar-refractivity contribution in [1.82, 2.24) is 0 Å². The second-order valence-corrected chi connectivity index (χ2v) is 2.61. The van der Waals surface area contributed by atoms with Gasteiger partial charge in [-0.1, -0.05) is 0 Å². The lowest BCUT2D eigenvalue weighted by molar-refractivity contribution is -0.144. The van der Waals surface area contributed by atoms with E-state index in [0.29, 0.717) is 26.2 Å². The van der Waals surface area contributed by atoms with E-state index in [2.05, 4.69) is 0 Å². The first-order chi connectivity index (χ1) is 5.66. The molecule has 12 heavy (non-hydrogen) atoms. The van der Waals surface area contributed by atoms with E-state index in [0.717, 1.165) is 0 Å². The Morgan fingerprint density at radius 1 is 1.58 bits per heavy atom. The minimum absolute atomic E-state index is 0.0206. The summed E-state index contributed by atoms with van der Waals surface area (Å²) in [5, 5.41) is 0. The van der Waals surface area contributed by atoms with Crippen LogP contribution in [0.4, 0.5) is 0 Å². The predicted molar refractivity (Wildman–Crippen MR) is 45.7 cm³/mol. The van der Waals surface area contributed by atoms with Crippen molar-refractivity contribution in [1.29, 1.82) is 0 Å². The lowest BCUT2D eigenvalue weighted by Crippen LogP contribution is -2.22. The first kappa shape index (κ1) is 11.4. The van der Waals surface area contributed by atoms with E-state index in [-0.39, 0.29) is 12.0 Å². The van der Waals surface area contributed by atoms with E-state index in [1.54, 1.807) is 6.92 Å². The summed E-state index contributed by atoms with van der Waals surface area (Å²) in [6, 6.07) is 0.0206. The quantitative estimate of drug-likeness (QED) is 0.466. The van der Waals surface area contributed by atoms with E-state index in [9.17, 15) is 4.79 Å². The molecule has 2 N–H and O–H groups in total. The van der Waals surface area contributed by atoms with Crippen molar-refractivity contribution >= 4 is 5.97 Å². The van der Waals surface area contributed by atoms with E-state index >= 15 is 0 Å². The van der Waals surface area contributed by atoms with Gasteiger partial charge in [0, 0.05) is 6.04 Å². The van der Waals surface area contributed by atoms with Crippen LogP contribution in [0.15, 0.2) is 0 Å². The fourth-order valence-electron chi connectivity index (χ4n) is 0.658. The zero-order valence-corrected chi connectivity index (χ0v) is 7.71. The molecule has 0 aliphatic carbocycles. The molecule has 4 heteroatoms. The highest BCUT2D eigenvalue weighted by Gasteiger charge is 2.01. The van der Waals surface area contributed by atoms with Gasteiger partial charge in [0.1, 0.15) is 0 Å². The molecule has 0 saturated heterocycles. The Morgan fingerprint density at radius 3 is 2.75 bits per heavy atom. The summed E-state index contributed by atoms with van der Waals surface area (Å²) >= 11 is 0. The van der Waals surface area contributed by atoms with Crippen LogP contribution in [0.25, 0.3) is 0 Å². The molecule has 0 unspecified atom stereocenters. The van der Waals surface area contributed by atoms with Crippen LogP contribution in [0.3, 0.4) is 0 Å². The predicted octanol–water partition coefficient (Wildman–Crippen LogP) is 0.303. The molecule has 0 aliphatic rings. The van der Waals surface area contributed by atoms with Crippen LogP contribution in [-0.4, -0.2) is 31.8 Å². The number of carbonyl (C=O) groups excluding carboxylic acids is 1. The lowest BCUT2D eigenvalue weighted by Gasteiger charge is -2.05. The Morgan fingerprint density at radius 2 is 2.25 bits per heavy atom. The van der Waals surface area contributed by atoms with Gasteiger partial charge in [-0.25, -0.2) is 0 Å². The van der Waals surface area contributed by atoms with Crippen LogP contribution in [-0.2, 0) is 14.3 Å². The van der Waals surface area contributed by atoms with Gasteiger partial charge in [0.05, 0.1) is 26.2 Å². The van der Waals surface area contributed by atoms with Crippen LogP contribution in [0.1, 0.15) is 20.3 Å². The molecular formula is C8H17NO3. The molecule has 0 amide bonds. The van der Waals surface area contributed by atoms with E-state index in [4.69, 9.17) is 15.2 Å². The molecule has 0 heterocycles. The highest BCUT2D eigenvalue weighted by molar-refractivity contribution is 5.69. The second kappa shape index (κ2) is 7.06. The summed E-state index contributed by atoms with van der Waals surface area (Å²) in [4.78, 5) is 10.8. The van der Waals surface area contributed by atoms with Crippen LogP contribution < -0.4 is 5.73 Å². The van der Waals surface area contributed by atoms with Crippen LogP contribution in [0.2, 0.25) is 0 Å². The Hall–Kier alpha value is -0.610. The number of esters is 1. The van der Waals surface area contributed by atoms with Gasteiger partial charge in [-0.3, -0.25) is 4.79 Å². The third-order valence-electron chi connectivity index (χ3n) is 1.14. The van der Waals surface area contributed by atoms with Gasteiger partial charge in [-0.05, 0) is 13.8 Å². The smallest absolute Gasteiger partial charge is 0.308 e. The van der Waals surface area contributed by atoms with Crippen molar-refractivity contribution < 1.29 is 14.3 Å². The third kappa shape index (κ3) is 7.50. The highest BCUT2D eigenvalue weighted by atomic mass is 16.5. The average Bonchev–Trinajstić information content (AvgIpc) is 1.98. The minimum Gasteiger partial charge on any atom is -0.466 e. The van der Waals surface area contributed by atoms with Crippen molar-refractivity contribution in [2.24, 2.45) is 5.73 Å². The third-order valence-corrected chi connectivity index (χ3v) is 1.14.